The molecule has 104 valence electrons. The SMILES string of the molecule is CCn1cc(S(=O)(=O)N(C)C2CNC2)nc1C.Cl. The Bertz CT molecular complexity index is 510. The zero-order valence-corrected chi connectivity index (χ0v) is 12.4. The van der Waals surface area contributed by atoms with Crippen LogP contribution in [0.3, 0.4) is 0 Å². The van der Waals surface area contributed by atoms with Gasteiger partial charge in [0.15, 0.2) is 5.03 Å². The number of hydrogen-bond donors (Lipinski definition) is 1. The van der Waals surface area contributed by atoms with E-state index in [1.807, 2.05) is 18.4 Å². The average Bonchev–Trinajstić information content (AvgIpc) is 2.57. The number of nitrogens with one attached hydrogen (secondary N) is 1. The van der Waals surface area contributed by atoms with Gasteiger partial charge in [0.05, 0.1) is 0 Å². The summed E-state index contributed by atoms with van der Waals surface area (Å²) in [6.45, 7) is 5.92. The molecular weight excluding hydrogens is 276 g/mol. The molecule has 0 aromatic carbocycles. The second-order valence-corrected chi connectivity index (χ2v) is 6.19. The Morgan fingerprint density at radius 1 is 1.56 bits per heavy atom. The summed E-state index contributed by atoms with van der Waals surface area (Å²) in [5, 5.41) is 3.21. The monoisotopic (exact) mass is 294 g/mol. The first-order valence-electron chi connectivity index (χ1n) is 5.69. The fourth-order valence-corrected chi connectivity index (χ4v) is 3.14. The maximum Gasteiger partial charge on any atom is 0.262 e. The van der Waals surface area contributed by atoms with Gasteiger partial charge in [-0.15, -0.1) is 12.4 Å². The summed E-state index contributed by atoms with van der Waals surface area (Å²) in [5.41, 5.74) is 0. The first-order valence-corrected chi connectivity index (χ1v) is 7.13. The molecular formula is C10H19ClN4O2S. The highest BCUT2D eigenvalue weighted by Crippen LogP contribution is 2.17. The van der Waals surface area contributed by atoms with Crippen LogP contribution in [0, 0.1) is 6.92 Å². The number of imidazole rings is 1. The van der Waals surface area contributed by atoms with Crippen LogP contribution in [0.1, 0.15) is 12.7 Å². The third-order valence-electron chi connectivity index (χ3n) is 3.21. The van der Waals surface area contributed by atoms with E-state index in [9.17, 15) is 8.42 Å². The van der Waals surface area contributed by atoms with Crippen LogP contribution in [0.25, 0.3) is 0 Å². The second kappa shape index (κ2) is 5.56. The summed E-state index contributed by atoms with van der Waals surface area (Å²) in [4.78, 5) is 4.13. The molecule has 1 aliphatic heterocycles. The molecule has 8 heteroatoms. The van der Waals surface area contributed by atoms with Crippen molar-refractivity contribution in [1.82, 2.24) is 19.2 Å². The highest BCUT2D eigenvalue weighted by atomic mass is 35.5. The van der Waals surface area contributed by atoms with E-state index in [4.69, 9.17) is 0 Å². The number of rotatable bonds is 4. The number of sulfonamides is 1. The molecule has 1 fully saturated rings. The van der Waals surface area contributed by atoms with Crippen molar-refractivity contribution in [3.05, 3.63) is 12.0 Å². The molecule has 0 spiro atoms. The summed E-state index contributed by atoms with van der Waals surface area (Å²) >= 11 is 0. The van der Waals surface area contributed by atoms with Crippen LogP contribution in [0.2, 0.25) is 0 Å². The Hall–Kier alpha value is -0.630. The van der Waals surface area contributed by atoms with Crippen LogP contribution in [-0.2, 0) is 16.6 Å². The summed E-state index contributed by atoms with van der Waals surface area (Å²) < 4.78 is 27.8. The van der Waals surface area contributed by atoms with E-state index in [1.54, 1.807) is 13.2 Å². The molecule has 1 saturated heterocycles. The standard InChI is InChI=1S/C10H18N4O2S.ClH/c1-4-14-7-10(12-8(14)2)17(15,16)13(3)9-5-11-6-9;/h7,9,11H,4-6H2,1-3H3;1H. The van der Waals surface area contributed by atoms with Gasteiger partial charge >= 0.3 is 0 Å². The molecule has 18 heavy (non-hydrogen) atoms. The van der Waals surface area contributed by atoms with Gasteiger partial charge in [-0.05, 0) is 13.8 Å². The number of aromatic nitrogens is 2. The molecule has 1 aromatic rings. The van der Waals surface area contributed by atoms with Gasteiger partial charge < -0.3 is 9.88 Å². The Morgan fingerprint density at radius 2 is 2.17 bits per heavy atom. The van der Waals surface area contributed by atoms with Crippen molar-refractivity contribution in [2.24, 2.45) is 0 Å². The van der Waals surface area contributed by atoms with Gasteiger partial charge in [-0.2, -0.15) is 4.31 Å². The van der Waals surface area contributed by atoms with E-state index in [-0.39, 0.29) is 23.5 Å². The zero-order valence-electron chi connectivity index (χ0n) is 10.8. The molecule has 6 nitrogen and oxygen atoms in total. The molecule has 0 amide bonds. The van der Waals surface area contributed by atoms with Crippen molar-refractivity contribution in [3.8, 4) is 0 Å². The van der Waals surface area contributed by atoms with E-state index in [0.29, 0.717) is 13.1 Å². The summed E-state index contributed by atoms with van der Waals surface area (Å²) in [7, 11) is -1.84. The fourth-order valence-electron chi connectivity index (χ4n) is 1.80. The second-order valence-electron chi connectivity index (χ2n) is 4.25. The van der Waals surface area contributed by atoms with Crippen LogP contribution in [-0.4, -0.2) is 48.5 Å². The van der Waals surface area contributed by atoms with Crippen molar-refractivity contribution in [3.63, 3.8) is 0 Å². The molecule has 0 atom stereocenters. The lowest BCUT2D eigenvalue weighted by Crippen LogP contribution is -2.57. The number of likely N-dealkylation sites (N-methyl/N-ethyl adjacent to an activating group) is 1. The van der Waals surface area contributed by atoms with Crippen LogP contribution >= 0.6 is 12.4 Å². The van der Waals surface area contributed by atoms with Gasteiger partial charge in [0.25, 0.3) is 10.0 Å². The molecule has 1 aromatic heterocycles. The molecule has 0 aliphatic carbocycles. The Balaban J connectivity index is 0.00000162. The van der Waals surface area contributed by atoms with Gasteiger partial charge in [0, 0.05) is 38.9 Å². The Kier molecular flexibility index (Phi) is 4.77. The van der Waals surface area contributed by atoms with Crippen LogP contribution < -0.4 is 5.32 Å². The molecule has 1 aliphatic rings. The van der Waals surface area contributed by atoms with Gasteiger partial charge in [0.1, 0.15) is 5.82 Å². The minimum atomic E-state index is -3.45. The zero-order chi connectivity index (χ0) is 12.6. The smallest absolute Gasteiger partial charge is 0.262 e. The van der Waals surface area contributed by atoms with Crippen molar-refractivity contribution >= 4 is 22.4 Å². The Morgan fingerprint density at radius 3 is 2.56 bits per heavy atom. The van der Waals surface area contributed by atoms with Crippen molar-refractivity contribution in [2.45, 2.75) is 31.5 Å². The van der Waals surface area contributed by atoms with Gasteiger partial charge in [-0.25, -0.2) is 13.4 Å². The lowest BCUT2D eigenvalue weighted by Gasteiger charge is -2.34. The normalized spacial score (nSPS) is 16.4. The largest absolute Gasteiger partial charge is 0.334 e. The van der Waals surface area contributed by atoms with E-state index in [2.05, 4.69) is 10.3 Å². The molecule has 0 radical (unpaired) electrons. The lowest BCUT2D eigenvalue weighted by atomic mass is 10.2. The van der Waals surface area contributed by atoms with Gasteiger partial charge in [-0.3, -0.25) is 0 Å². The Labute approximate surface area is 114 Å². The first-order chi connectivity index (χ1) is 7.96. The minimum Gasteiger partial charge on any atom is -0.334 e. The van der Waals surface area contributed by atoms with Gasteiger partial charge in [-0.1, -0.05) is 0 Å². The minimum absolute atomic E-state index is 0. The van der Waals surface area contributed by atoms with Crippen LogP contribution in [0.5, 0.6) is 0 Å². The number of halogens is 1. The maximum absolute atomic E-state index is 12.3. The molecule has 1 N–H and O–H groups in total. The van der Waals surface area contributed by atoms with E-state index < -0.39 is 10.0 Å². The van der Waals surface area contributed by atoms with Crippen LogP contribution in [0.4, 0.5) is 0 Å². The fraction of sp³-hybridized carbons (Fsp3) is 0.700. The highest BCUT2D eigenvalue weighted by Gasteiger charge is 2.33. The summed E-state index contributed by atoms with van der Waals surface area (Å²) in [6.07, 6.45) is 1.60. The third-order valence-corrected chi connectivity index (χ3v) is 4.99. The topological polar surface area (TPSA) is 67.2 Å². The highest BCUT2D eigenvalue weighted by molar-refractivity contribution is 7.89. The third kappa shape index (κ3) is 2.54. The molecule has 2 heterocycles. The predicted octanol–water partition coefficient (Wildman–Crippen LogP) is 0.226. The maximum atomic E-state index is 12.3. The van der Waals surface area contributed by atoms with E-state index in [1.165, 1.54) is 4.31 Å². The van der Waals surface area contributed by atoms with Crippen molar-refractivity contribution in [1.29, 1.82) is 0 Å². The van der Waals surface area contributed by atoms with Crippen molar-refractivity contribution in [2.75, 3.05) is 20.1 Å². The molecule has 2 rings (SSSR count). The van der Waals surface area contributed by atoms with E-state index >= 15 is 0 Å². The molecule has 0 saturated carbocycles. The predicted molar refractivity (Wildman–Crippen MR) is 71.5 cm³/mol. The lowest BCUT2D eigenvalue weighted by molar-refractivity contribution is 0.273. The molecule has 0 unspecified atom stereocenters. The van der Waals surface area contributed by atoms with E-state index in [0.717, 1.165) is 12.4 Å². The number of aryl methyl sites for hydroxylation is 2. The number of hydrogen-bond acceptors (Lipinski definition) is 4. The molecule has 0 bridgehead atoms. The average molecular weight is 295 g/mol. The summed E-state index contributed by atoms with van der Waals surface area (Å²) in [5.74, 6) is 0.728. The number of nitrogens with zero attached hydrogens (tertiary/aromatic N) is 3. The first kappa shape index (κ1) is 15.4. The van der Waals surface area contributed by atoms with Gasteiger partial charge in [0.2, 0.25) is 0 Å². The quantitative estimate of drug-likeness (QED) is 0.863. The van der Waals surface area contributed by atoms with Crippen LogP contribution in [0.15, 0.2) is 11.2 Å². The van der Waals surface area contributed by atoms with Crippen molar-refractivity contribution < 1.29 is 8.42 Å². The summed E-state index contributed by atoms with van der Waals surface area (Å²) in [6, 6.07) is 0.0482.